The Morgan fingerprint density at radius 1 is 1.08 bits per heavy atom. The van der Waals surface area contributed by atoms with E-state index in [2.05, 4.69) is 0 Å². The van der Waals surface area contributed by atoms with Gasteiger partial charge in [-0.25, -0.2) is 0 Å². The van der Waals surface area contributed by atoms with Gasteiger partial charge in [0, 0.05) is 18.2 Å². The number of ether oxygens (including phenoxy) is 2. The lowest BCUT2D eigenvalue weighted by Crippen LogP contribution is -2.29. The number of ketones is 1. The van der Waals surface area contributed by atoms with Crippen molar-refractivity contribution >= 4 is 29.1 Å². The minimum atomic E-state index is -0.921. The molecule has 7 heteroatoms. The second-order valence-electron chi connectivity index (χ2n) is 9.13. The number of benzene rings is 3. The summed E-state index contributed by atoms with van der Waals surface area (Å²) in [6.45, 7) is 3.97. The highest BCUT2D eigenvalue weighted by Crippen LogP contribution is 2.43. The molecule has 1 atom stereocenters. The van der Waals surface area contributed by atoms with Gasteiger partial charge in [0.25, 0.3) is 11.7 Å². The number of carbonyl (C=O) groups is 3. The first-order valence-corrected chi connectivity index (χ1v) is 12.3. The molecule has 1 N–H and O–H groups in total. The smallest absolute Gasteiger partial charge is 0.308 e. The van der Waals surface area contributed by atoms with Gasteiger partial charge in [-0.2, -0.15) is 0 Å². The van der Waals surface area contributed by atoms with Crippen molar-refractivity contribution < 1.29 is 29.0 Å². The summed E-state index contributed by atoms with van der Waals surface area (Å²) in [7, 11) is 0. The molecule has 0 aromatic heterocycles. The van der Waals surface area contributed by atoms with Crippen LogP contribution in [0.1, 0.15) is 48.6 Å². The number of nitrogens with zero attached hydrogens (tertiary/aromatic N) is 1. The van der Waals surface area contributed by atoms with Crippen LogP contribution in [0.3, 0.4) is 0 Å². The van der Waals surface area contributed by atoms with Gasteiger partial charge in [0.15, 0.2) is 0 Å². The van der Waals surface area contributed by atoms with Gasteiger partial charge in [0.05, 0.1) is 18.2 Å². The zero-order valence-electron chi connectivity index (χ0n) is 20.7. The molecule has 3 aromatic rings. The number of hydrogen-bond acceptors (Lipinski definition) is 6. The highest BCUT2D eigenvalue weighted by molar-refractivity contribution is 6.51. The van der Waals surface area contributed by atoms with E-state index in [1.807, 2.05) is 19.1 Å². The molecule has 2 aliphatic rings. The number of Topliss-reactive ketones (excluding diaryl/α,β-unsaturated/α-hetero) is 1. The molecule has 2 heterocycles. The predicted molar refractivity (Wildman–Crippen MR) is 139 cm³/mol. The highest BCUT2D eigenvalue weighted by atomic mass is 16.5. The average molecular weight is 498 g/mol. The van der Waals surface area contributed by atoms with Crippen molar-refractivity contribution in [3.05, 3.63) is 94.6 Å². The standard InChI is InChI=1S/C30H27NO6/c1-3-19-9-12-23(13-10-19)31-27(21-6-4-8-24(17-21)37-18(2)32)26(29(34)30(31)35)28(33)22-11-14-25-20(16-22)7-5-15-36-25/h4,6,8-14,16-17,27,33H,3,5,7,15H2,1-2H3/b28-26-. The fourth-order valence-electron chi connectivity index (χ4n) is 4.88. The Kier molecular flexibility index (Phi) is 6.53. The van der Waals surface area contributed by atoms with E-state index >= 15 is 0 Å². The van der Waals surface area contributed by atoms with Crippen molar-refractivity contribution in [2.24, 2.45) is 0 Å². The van der Waals surface area contributed by atoms with Crippen molar-refractivity contribution in [3.8, 4) is 11.5 Å². The fourth-order valence-corrected chi connectivity index (χ4v) is 4.88. The number of aryl methyl sites for hydroxylation is 2. The molecule has 188 valence electrons. The predicted octanol–water partition coefficient (Wildman–Crippen LogP) is 5.13. The van der Waals surface area contributed by atoms with Crippen molar-refractivity contribution in [3.63, 3.8) is 0 Å². The van der Waals surface area contributed by atoms with Gasteiger partial charge in [0.1, 0.15) is 17.3 Å². The number of esters is 1. The molecule has 0 saturated carbocycles. The maximum absolute atomic E-state index is 13.4. The van der Waals surface area contributed by atoms with E-state index in [0.29, 0.717) is 23.4 Å². The van der Waals surface area contributed by atoms with E-state index in [-0.39, 0.29) is 17.1 Å². The lowest BCUT2D eigenvalue weighted by atomic mass is 9.93. The third-order valence-electron chi connectivity index (χ3n) is 6.68. The van der Waals surface area contributed by atoms with Gasteiger partial charge in [-0.3, -0.25) is 19.3 Å². The first-order valence-electron chi connectivity index (χ1n) is 12.3. The van der Waals surface area contributed by atoms with E-state index in [4.69, 9.17) is 9.47 Å². The quantitative estimate of drug-likeness (QED) is 0.173. The largest absolute Gasteiger partial charge is 0.507 e. The number of amides is 1. The molecule has 2 aliphatic heterocycles. The van der Waals surface area contributed by atoms with Crippen LogP contribution in [0.15, 0.2) is 72.3 Å². The van der Waals surface area contributed by atoms with Crippen LogP contribution in [0, 0.1) is 0 Å². The van der Waals surface area contributed by atoms with Crippen molar-refractivity contribution in [2.75, 3.05) is 11.5 Å². The highest BCUT2D eigenvalue weighted by Gasteiger charge is 2.47. The van der Waals surface area contributed by atoms with Crippen LogP contribution in [0.2, 0.25) is 0 Å². The monoisotopic (exact) mass is 497 g/mol. The SMILES string of the molecule is CCc1ccc(N2C(=O)C(=O)/C(=C(\O)c3ccc4c(c3)CCCO4)C2c2cccc(OC(C)=O)c2)cc1. The maximum atomic E-state index is 13.4. The molecule has 5 rings (SSSR count). The van der Waals surface area contributed by atoms with Gasteiger partial charge in [0.2, 0.25) is 0 Å². The van der Waals surface area contributed by atoms with E-state index < -0.39 is 23.7 Å². The molecule has 0 radical (unpaired) electrons. The minimum absolute atomic E-state index is 0.0266. The van der Waals surface area contributed by atoms with Crippen LogP contribution in [0.25, 0.3) is 5.76 Å². The first-order chi connectivity index (χ1) is 17.9. The number of anilines is 1. The van der Waals surface area contributed by atoms with Crippen LogP contribution < -0.4 is 14.4 Å². The first kappa shape index (κ1) is 24.3. The van der Waals surface area contributed by atoms with Crippen LogP contribution >= 0.6 is 0 Å². The number of carbonyl (C=O) groups excluding carboxylic acids is 3. The molecule has 7 nitrogen and oxygen atoms in total. The molecule has 0 spiro atoms. The number of fused-ring (bicyclic) bond motifs is 1. The molecule has 37 heavy (non-hydrogen) atoms. The van der Waals surface area contributed by atoms with Crippen LogP contribution in [-0.4, -0.2) is 29.4 Å². The molecular formula is C30H27NO6. The topological polar surface area (TPSA) is 93.1 Å². The minimum Gasteiger partial charge on any atom is -0.507 e. The van der Waals surface area contributed by atoms with Gasteiger partial charge in [-0.1, -0.05) is 31.2 Å². The molecule has 1 amide bonds. The molecule has 1 unspecified atom stereocenters. The Morgan fingerprint density at radius 3 is 2.59 bits per heavy atom. The number of rotatable bonds is 5. The Hall–Kier alpha value is -4.39. The maximum Gasteiger partial charge on any atom is 0.308 e. The van der Waals surface area contributed by atoms with Gasteiger partial charge >= 0.3 is 5.97 Å². The number of aliphatic hydroxyl groups is 1. The molecule has 1 fully saturated rings. The molecule has 0 bridgehead atoms. The average Bonchev–Trinajstić information content (AvgIpc) is 3.18. The second-order valence-corrected chi connectivity index (χ2v) is 9.13. The lowest BCUT2D eigenvalue weighted by Gasteiger charge is -2.26. The molecule has 1 saturated heterocycles. The summed E-state index contributed by atoms with van der Waals surface area (Å²) in [5, 5.41) is 11.5. The number of hydrogen-bond donors (Lipinski definition) is 1. The zero-order chi connectivity index (χ0) is 26.1. The van der Waals surface area contributed by atoms with Gasteiger partial charge in [-0.15, -0.1) is 0 Å². The summed E-state index contributed by atoms with van der Waals surface area (Å²) < 4.78 is 10.9. The molecule has 3 aromatic carbocycles. The van der Waals surface area contributed by atoms with Crippen LogP contribution in [-0.2, 0) is 27.2 Å². The second kappa shape index (κ2) is 9.93. The van der Waals surface area contributed by atoms with E-state index in [0.717, 1.165) is 36.1 Å². The summed E-state index contributed by atoms with van der Waals surface area (Å²) in [5.74, 6) is -1.24. The lowest BCUT2D eigenvalue weighted by molar-refractivity contribution is -0.132. The van der Waals surface area contributed by atoms with E-state index in [1.54, 1.807) is 54.6 Å². The van der Waals surface area contributed by atoms with Crippen molar-refractivity contribution in [1.82, 2.24) is 0 Å². The normalized spacial score (nSPS) is 18.3. The summed E-state index contributed by atoms with van der Waals surface area (Å²) in [6, 6.07) is 18.4. The third-order valence-corrected chi connectivity index (χ3v) is 6.68. The number of aliphatic hydroxyl groups excluding tert-OH is 1. The Morgan fingerprint density at radius 2 is 1.86 bits per heavy atom. The summed E-state index contributed by atoms with van der Waals surface area (Å²) >= 11 is 0. The molecule has 0 aliphatic carbocycles. The zero-order valence-corrected chi connectivity index (χ0v) is 20.7. The van der Waals surface area contributed by atoms with Gasteiger partial charge in [-0.05, 0) is 78.4 Å². The fraction of sp³-hybridized carbons (Fsp3) is 0.233. The summed E-state index contributed by atoms with van der Waals surface area (Å²) in [6.07, 6.45) is 2.48. The molecular weight excluding hydrogens is 470 g/mol. The Bertz CT molecular complexity index is 1420. The van der Waals surface area contributed by atoms with Crippen LogP contribution in [0.4, 0.5) is 5.69 Å². The van der Waals surface area contributed by atoms with E-state index in [9.17, 15) is 19.5 Å². The summed E-state index contributed by atoms with van der Waals surface area (Å²) in [4.78, 5) is 39.8. The van der Waals surface area contributed by atoms with Crippen molar-refractivity contribution in [2.45, 2.75) is 39.2 Å². The van der Waals surface area contributed by atoms with Crippen LogP contribution in [0.5, 0.6) is 11.5 Å². The third kappa shape index (κ3) is 4.60. The summed E-state index contributed by atoms with van der Waals surface area (Å²) in [5.41, 5.74) is 3.49. The Balaban J connectivity index is 1.68. The van der Waals surface area contributed by atoms with E-state index in [1.165, 1.54) is 11.8 Å². The Labute approximate surface area is 214 Å². The van der Waals surface area contributed by atoms with Crippen molar-refractivity contribution in [1.29, 1.82) is 0 Å². The van der Waals surface area contributed by atoms with Gasteiger partial charge < -0.3 is 14.6 Å².